The van der Waals surface area contributed by atoms with Gasteiger partial charge in [-0.15, -0.1) is 0 Å². The van der Waals surface area contributed by atoms with Crippen molar-refractivity contribution in [3.05, 3.63) is 70.4 Å². The summed E-state index contributed by atoms with van der Waals surface area (Å²) in [6.07, 6.45) is 8.31. The Kier molecular flexibility index (Phi) is 3.58. The van der Waals surface area contributed by atoms with E-state index in [0.29, 0.717) is 12.1 Å². The molecule has 2 unspecified atom stereocenters. The molecule has 26 heavy (non-hydrogen) atoms. The Hall–Kier alpha value is -2.32. The summed E-state index contributed by atoms with van der Waals surface area (Å²) in [5, 5.41) is 1.45. The van der Waals surface area contributed by atoms with Crippen LogP contribution in [0.1, 0.15) is 46.8 Å². The fourth-order valence-corrected chi connectivity index (χ4v) is 4.92. The van der Waals surface area contributed by atoms with Crippen molar-refractivity contribution in [2.24, 2.45) is 0 Å². The number of benzene rings is 2. The maximum absolute atomic E-state index is 2.61. The molecule has 1 saturated heterocycles. The molecule has 3 aromatic rings. The highest BCUT2D eigenvalue weighted by Crippen LogP contribution is 2.47. The highest BCUT2D eigenvalue weighted by atomic mass is 15.2. The molecule has 2 aliphatic rings. The van der Waals surface area contributed by atoms with Gasteiger partial charge in [-0.1, -0.05) is 41.5 Å². The van der Waals surface area contributed by atoms with Gasteiger partial charge in [0.1, 0.15) is 0 Å². The molecule has 132 valence electrons. The monoisotopic (exact) mass is 342 g/mol. The molecule has 0 N–H and O–H groups in total. The fraction of sp³-hybridized carbons (Fsp3) is 0.333. The molecule has 3 heterocycles. The van der Waals surface area contributed by atoms with E-state index in [1.165, 1.54) is 46.1 Å². The largest absolute Gasteiger partial charge is 0.320 e. The lowest BCUT2D eigenvalue weighted by Crippen LogP contribution is -2.34. The third-order valence-electron chi connectivity index (χ3n) is 6.40. The first-order valence-electron chi connectivity index (χ1n) is 9.72. The number of likely N-dealkylation sites (N-methyl/N-ethyl adjacent to an activating group) is 1. The number of hydrogen-bond acceptors (Lipinski definition) is 1. The predicted octanol–water partition coefficient (Wildman–Crippen LogP) is 5.58. The Bertz CT molecular complexity index is 1010. The van der Waals surface area contributed by atoms with Crippen LogP contribution in [0.3, 0.4) is 0 Å². The van der Waals surface area contributed by atoms with E-state index in [2.05, 4.69) is 85.1 Å². The van der Waals surface area contributed by atoms with Gasteiger partial charge in [-0.05, 0) is 63.1 Å². The minimum Gasteiger partial charge on any atom is -0.320 e. The molecule has 0 saturated carbocycles. The fourth-order valence-electron chi connectivity index (χ4n) is 4.92. The Labute approximate surface area is 155 Å². The SMILES string of the molecule is Cc1ccc(/C=C/n2c3c(c4cc(C)ccc42)C2CCC(C3)N2C)cc1. The molecule has 2 nitrogen and oxygen atoms in total. The first-order valence-corrected chi connectivity index (χ1v) is 9.72. The standard InChI is InChI=1S/C24H26N2/c1-16-4-7-18(8-5-16)12-13-26-21-10-6-17(2)14-20(21)24-22-11-9-19(25(22)3)15-23(24)26/h4-8,10,12-14,19,22H,9,11,15H2,1-3H3/b13-12+. The molecule has 2 bridgehead atoms. The van der Waals surface area contributed by atoms with Gasteiger partial charge in [0.2, 0.25) is 0 Å². The van der Waals surface area contributed by atoms with E-state index in [-0.39, 0.29) is 0 Å². The van der Waals surface area contributed by atoms with Gasteiger partial charge in [-0.25, -0.2) is 0 Å². The molecule has 0 aliphatic carbocycles. The molecule has 5 rings (SSSR count). The van der Waals surface area contributed by atoms with Crippen molar-refractivity contribution in [3.63, 3.8) is 0 Å². The summed E-state index contributed by atoms with van der Waals surface area (Å²) in [5.41, 5.74) is 8.37. The molecular weight excluding hydrogens is 316 g/mol. The molecule has 1 aromatic heterocycles. The van der Waals surface area contributed by atoms with Crippen LogP contribution in [0.15, 0.2) is 42.5 Å². The molecule has 1 fully saturated rings. The average Bonchev–Trinajstić information content (AvgIpc) is 3.04. The number of aryl methyl sites for hydroxylation is 2. The molecule has 0 amide bonds. The van der Waals surface area contributed by atoms with Crippen molar-refractivity contribution in [2.45, 2.75) is 45.2 Å². The van der Waals surface area contributed by atoms with E-state index in [1.807, 2.05) is 0 Å². The van der Waals surface area contributed by atoms with Crippen molar-refractivity contribution in [3.8, 4) is 0 Å². The van der Waals surface area contributed by atoms with E-state index in [0.717, 1.165) is 6.42 Å². The zero-order valence-electron chi connectivity index (χ0n) is 15.9. The Morgan fingerprint density at radius 2 is 1.73 bits per heavy atom. The lowest BCUT2D eigenvalue weighted by atomic mass is 9.97. The lowest BCUT2D eigenvalue weighted by Gasteiger charge is -2.32. The van der Waals surface area contributed by atoms with E-state index < -0.39 is 0 Å². The van der Waals surface area contributed by atoms with Gasteiger partial charge in [0.15, 0.2) is 0 Å². The summed E-state index contributed by atoms with van der Waals surface area (Å²) in [4.78, 5) is 2.61. The molecule has 2 aliphatic heterocycles. The Morgan fingerprint density at radius 1 is 0.962 bits per heavy atom. The quantitative estimate of drug-likeness (QED) is 0.590. The number of fused-ring (bicyclic) bond motifs is 6. The van der Waals surface area contributed by atoms with Gasteiger partial charge in [0, 0.05) is 35.8 Å². The maximum atomic E-state index is 2.61. The van der Waals surface area contributed by atoms with E-state index >= 15 is 0 Å². The van der Waals surface area contributed by atoms with E-state index in [4.69, 9.17) is 0 Å². The van der Waals surface area contributed by atoms with Crippen LogP contribution in [0, 0.1) is 13.8 Å². The summed E-state index contributed by atoms with van der Waals surface area (Å²) in [5.74, 6) is 0. The first-order chi connectivity index (χ1) is 12.6. The highest BCUT2D eigenvalue weighted by molar-refractivity contribution is 5.90. The molecule has 2 atom stereocenters. The molecule has 0 radical (unpaired) electrons. The smallest absolute Gasteiger partial charge is 0.0529 e. The predicted molar refractivity (Wildman–Crippen MR) is 110 cm³/mol. The third kappa shape index (κ3) is 2.36. The third-order valence-corrected chi connectivity index (χ3v) is 6.40. The normalized spacial score (nSPS) is 22.4. The second-order valence-corrected chi connectivity index (χ2v) is 8.09. The summed E-state index contributed by atoms with van der Waals surface area (Å²) in [6.45, 7) is 4.34. The Morgan fingerprint density at radius 3 is 2.54 bits per heavy atom. The minimum atomic E-state index is 0.585. The minimum absolute atomic E-state index is 0.585. The number of rotatable bonds is 2. The summed E-state index contributed by atoms with van der Waals surface area (Å²) < 4.78 is 2.46. The topological polar surface area (TPSA) is 8.17 Å². The summed E-state index contributed by atoms with van der Waals surface area (Å²) in [7, 11) is 2.31. The van der Waals surface area contributed by atoms with Gasteiger partial charge in [-0.3, -0.25) is 4.90 Å². The van der Waals surface area contributed by atoms with Crippen molar-refractivity contribution in [2.75, 3.05) is 7.05 Å². The van der Waals surface area contributed by atoms with Crippen molar-refractivity contribution in [1.29, 1.82) is 0 Å². The van der Waals surface area contributed by atoms with Crippen LogP contribution in [0.2, 0.25) is 0 Å². The Balaban J connectivity index is 1.68. The van der Waals surface area contributed by atoms with Crippen LogP contribution in [-0.2, 0) is 6.42 Å². The maximum Gasteiger partial charge on any atom is 0.0529 e. The van der Waals surface area contributed by atoms with Gasteiger partial charge in [-0.2, -0.15) is 0 Å². The van der Waals surface area contributed by atoms with Crippen LogP contribution >= 0.6 is 0 Å². The molecule has 2 aromatic carbocycles. The van der Waals surface area contributed by atoms with Gasteiger partial charge in [0.25, 0.3) is 0 Å². The van der Waals surface area contributed by atoms with Crippen LogP contribution in [0.4, 0.5) is 0 Å². The molecular formula is C24H26N2. The first kappa shape index (κ1) is 15.9. The molecule has 2 heteroatoms. The van der Waals surface area contributed by atoms with Crippen LogP contribution in [0.25, 0.3) is 23.2 Å². The highest BCUT2D eigenvalue weighted by Gasteiger charge is 2.40. The lowest BCUT2D eigenvalue weighted by molar-refractivity contribution is 0.223. The van der Waals surface area contributed by atoms with Gasteiger partial charge < -0.3 is 4.57 Å². The van der Waals surface area contributed by atoms with Crippen LogP contribution in [0.5, 0.6) is 0 Å². The zero-order chi connectivity index (χ0) is 17.8. The van der Waals surface area contributed by atoms with E-state index in [1.54, 1.807) is 5.56 Å². The van der Waals surface area contributed by atoms with E-state index in [9.17, 15) is 0 Å². The van der Waals surface area contributed by atoms with Gasteiger partial charge >= 0.3 is 0 Å². The second kappa shape index (κ2) is 5.85. The van der Waals surface area contributed by atoms with Crippen molar-refractivity contribution >= 4 is 23.2 Å². The number of aromatic nitrogens is 1. The van der Waals surface area contributed by atoms with Crippen molar-refractivity contribution in [1.82, 2.24) is 9.47 Å². The number of nitrogens with zero attached hydrogens (tertiary/aromatic N) is 2. The second-order valence-electron chi connectivity index (χ2n) is 8.09. The summed E-state index contributed by atoms with van der Waals surface area (Å²) >= 11 is 0. The number of hydrogen-bond donors (Lipinski definition) is 0. The zero-order valence-corrected chi connectivity index (χ0v) is 15.9. The van der Waals surface area contributed by atoms with Gasteiger partial charge in [0.05, 0.1) is 5.52 Å². The average molecular weight is 342 g/mol. The van der Waals surface area contributed by atoms with Crippen molar-refractivity contribution < 1.29 is 0 Å². The van der Waals surface area contributed by atoms with Crippen LogP contribution < -0.4 is 0 Å². The molecule has 0 spiro atoms. The van der Waals surface area contributed by atoms with Crippen LogP contribution in [-0.4, -0.2) is 22.6 Å². The summed E-state index contributed by atoms with van der Waals surface area (Å²) in [6, 6.07) is 17.0.